The van der Waals surface area contributed by atoms with Crippen LogP contribution in [-0.2, 0) is 6.54 Å². The van der Waals surface area contributed by atoms with E-state index >= 15 is 0 Å². The summed E-state index contributed by atoms with van der Waals surface area (Å²) in [6.45, 7) is 0.528. The number of benzene rings is 1. The second-order valence-electron chi connectivity index (χ2n) is 4.64. The fourth-order valence-corrected chi connectivity index (χ4v) is 2.22. The predicted octanol–water partition coefficient (Wildman–Crippen LogP) is 2.49. The zero-order valence-corrected chi connectivity index (χ0v) is 11.2. The maximum Gasteiger partial charge on any atom is 0.258 e. The quantitative estimate of drug-likeness (QED) is 0.791. The molecule has 0 bridgehead atoms. The summed E-state index contributed by atoms with van der Waals surface area (Å²) in [6, 6.07) is 13.5. The van der Waals surface area contributed by atoms with Crippen molar-refractivity contribution >= 4 is 16.6 Å². The van der Waals surface area contributed by atoms with E-state index in [0.717, 1.165) is 22.2 Å². The summed E-state index contributed by atoms with van der Waals surface area (Å²) in [7, 11) is 1.83. The first kappa shape index (κ1) is 12.4. The second kappa shape index (κ2) is 5.17. The molecule has 0 saturated heterocycles. The number of nitrogens with one attached hydrogen (secondary N) is 1. The van der Waals surface area contributed by atoms with Gasteiger partial charge < -0.3 is 9.88 Å². The molecular formula is C16H15N3O. The minimum absolute atomic E-state index is 0.0285. The SMILES string of the molecule is CNc1ccc(Cn2ccc3ccccc3c2=O)cn1. The summed E-state index contributed by atoms with van der Waals surface area (Å²) in [5, 5.41) is 4.69. The highest BCUT2D eigenvalue weighted by molar-refractivity contribution is 5.81. The van der Waals surface area contributed by atoms with Crippen molar-refractivity contribution in [2.24, 2.45) is 0 Å². The van der Waals surface area contributed by atoms with Gasteiger partial charge in [-0.2, -0.15) is 0 Å². The number of hydrogen-bond acceptors (Lipinski definition) is 3. The Balaban J connectivity index is 1.98. The largest absolute Gasteiger partial charge is 0.373 e. The number of fused-ring (bicyclic) bond motifs is 1. The molecule has 20 heavy (non-hydrogen) atoms. The van der Waals surface area contributed by atoms with Crippen LogP contribution in [0.2, 0.25) is 0 Å². The molecule has 0 aliphatic carbocycles. The maximum atomic E-state index is 12.4. The smallest absolute Gasteiger partial charge is 0.258 e. The summed E-state index contributed by atoms with van der Waals surface area (Å²) in [4.78, 5) is 16.6. The van der Waals surface area contributed by atoms with Gasteiger partial charge in [0.1, 0.15) is 5.82 Å². The van der Waals surface area contributed by atoms with Crippen LogP contribution in [0.15, 0.2) is 59.7 Å². The van der Waals surface area contributed by atoms with Gasteiger partial charge in [0, 0.05) is 24.8 Å². The lowest BCUT2D eigenvalue weighted by atomic mass is 10.2. The molecule has 0 amide bonds. The number of hydrogen-bond donors (Lipinski definition) is 1. The molecule has 1 N–H and O–H groups in total. The van der Waals surface area contributed by atoms with Crippen molar-refractivity contribution in [3.63, 3.8) is 0 Å². The lowest BCUT2D eigenvalue weighted by Gasteiger charge is -2.08. The van der Waals surface area contributed by atoms with Gasteiger partial charge in [-0.05, 0) is 29.1 Å². The molecule has 0 atom stereocenters. The number of rotatable bonds is 3. The van der Waals surface area contributed by atoms with Crippen LogP contribution in [0.3, 0.4) is 0 Å². The molecule has 0 saturated carbocycles. The van der Waals surface area contributed by atoms with E-state index in [2.05, 4.69) is 10.3 Å². The zero-order valence-electron chi connectivity index (χ0n) is 11.2. The number of pyridine rings is 2. The Morgan fingerprint density at radius 1 is 1.15 bits per heavy atom. The van der Waals surface area contributed by atoms with Crippen molar-refractivity contribution in [2.45, 2.75) is 6.54 Å². The van der Waals surface area contributed by atoms with Crippen LogP contribution in [0.1, 0.15) is 5.56 Å². The van der Waals surface area contributed by atoms with Crippen molar-refractivity contribution in [1.29, 1.82) is 0 Å². The minimum Gasteiger partial charge on any atom is -0.373 e. The van der Waals surface area contributed by atoms with Crippen LogP contribution >= 0.6 is 0 Å². The van der Waals surface area contributed by atoms with E-state index in [1.807, 2.05) is 55.7 Å². The van der Waals surface area contributed by atoms with E-state index in [4.69, 9.17) is 0 Å². The molecule has 4 heteroatoms. The highest BCUT2D eigenvalue weighted by atomic mass is 16.1. The van der Waals surface area contributed by atoms with E-state index in [-0.39, 0.29) is 5.56 Å². The zero-order chi connectivity index (χ0) is 13.9. The number of nitrogens with zero attached hydrogens (tertiary/aromatic N) is 2. The van der Waals surface area contributed by atoms with Gasteiger partial charge >= 0.3 is 0 Å². The van der Waals surface area contributed by atoms with Gasteiger partial charge in [0.15, 0.2) is 0 Å². The van der Waals surface area contributed by atoms with Gasteiger partial charge in [-0.3, -0.25) is 4.79 Å². The average molecular weight is 265 g/mol. The van der Waals surface area contributed by atoms with Gasteiger partial charge in [-0.15, -0.1) is 0 Å². The Morgan fingerprint density at radius 3 is 2.75 bits per heavy atom. The normalized spacial score (nSPS) is 10.7. The Hall–Kier alpha value is -2.62. The molecule has 0 aliphatic rings. The number of anilines is 1. The van der Waals surface area contributed by atoms with Crippen LogP contribution in [0.4, 0.5) is 5.82 Å². The van der Waals surface area contributed by atoms with Gasteiger partial charge in [-0.25, -0.2) is 4.98 Å². The summed E-state index contributed by atoms with van der Waals surface area (Å²) in [5.74, 6) is 0.819. The van der Waals surface area contributed by atoms with E-state index in [0.29, 0.717) is 6.54 Å². The van der Waals surface area contributed by atoms with Crippen LogP contribution in [0.5, 0.6) is 0 Å². The molecule has 3 rings (SSSR count). The van der Waals surface area contributed by atoms with Gasteiger partial charge in [0.25, 0.3) is 5.56 Å². The van der Waals surface area contributed by atoms with Crippen LogP contribution in [0.25, 0.3) is 10.8 Å². The van der Waals surface area contributed by atoms with Crippen LogP contribution < -0.4 is 10.9 Å². The van der Waals surface area contributed by atoms with E-state index < -0.39 is 0 Å². The molecule has 0 fully saturated rings. The molecule has 0 spiro atoms. The van der Waals surface area contributed by atoms with Crippen LogP contribution in [0, 0.1) is 0 Å². The van der Waals surface area contributed by atoms with Gasteiger partial charge in [0.2, 0.25) is 0 Å². The molecule has 4 nitrogen and oxygen atoms in total. The Morgan fingerprint density at radius 2 is 2.00 bits per heavy atom. The van der Waals surface area contributed by atoms with Crippen molar-refractivity contribution in [2.75, 3.05) is 12.4 Å². The molecule has 0 radical (unpaired) electrons. The Kier molecular flexibility index (Phi) is 3.21. The average Bonchev–Trinajstić information content (AvgIpc) is 2.51. The summed E-state index contributed by atoms with van der Waals surface area (Å²) in [5.41, 5.74) is 1.03. The Labute approximate surface area is 116 Å². The van der Waals surface area contributed by atoms with Gasteiger partial charge in [0.05, 0.1) is 6.54 Å². The minimum atomic E-state index is 0.0285. The lowest BCUT2D eigenvalue weighted by Crippen LogP contribution is -2.20. The Bertz CT molecular complexity index is 791. The summed E-state index contributed by atoms with van der Waals surface area (Å²) < 4.78 is 1.71. The molecule has 3 aromatic rings. The molecule has 2 aromatic heterocycles. The summed E-state index contributed by atoms with van der Waals surface area (Å²) in [6.07, 6.45) is 3.62. The summed E-state index contributed by atoms with van der Waals surface area (Å²) >= 11 is 0. The predicted molar refractivity (Wildman–Crippen MR) is 81.1 cm³/mol. The van der Waals surface area contributed by atoms with Crippen molar-refractivity contribution < 1.29 is 0 Å². The second-order valence-corrected chi connectivity index (χ2v) is 4.64. The first-order chi connectivity index (χ1) is 9.78. The third kappa shape index (κ3) is 2.28. The fraction of sp³-hybridized carbons (Fsp3) is 0.125. The van der Waals surface area contributed by atoms with E-state index in [9.17, 15) is 4.79 Å². The third-order valence-electron chi connectivity index (χ3n) is 3.32. The van der Waals surface area contributed by atoms with E-state index in [1.54, 1.807) is 10.8 Å². The first-order valence-electron chi connectivity index (χ1n) is 6.49. The monoisotopic (exact) mass is 265 g/mol. The van der Waals surface area contributed by atoms with E-state index in [1.165, 1.54) is 0 Å². The molecular weight excluding hydrogens is 250 g/mol. The van der Waals surface area contributed by atoms with Crippen LogP contribution in [-0.4, -0.2) is 16.6 Å². The fourth-order valence-electron chi connectivity index (χ4n) is 2.22. The third-order valence-corrected chi connectivity index (χ3v) is 3.32. The maximum absolute atomic E-state index is 12.4. The standard InChI is InChI=1S/C16H15N3O/c1-17-15-7-6-12(10-18-15)11-19-9-8-13-4-2-3-5-14(13)16(19)20/h2-10H,11H2,1H3,(H,17,18). The number of aromatic nitrogens is 2. The highest BCUT2D eigenvalue weighted by Crippen LogP contribution is 2.10. The lowest BCUT2D eigenvalue weighted by molar-refractivity contribution is 0.765. The molecule has 0 unspecified atom stereocenters. The molecule has 0 aliphatic heterocycles. The highest BCUT2D eigenvalue weighted by Gasteiger charge is 2.03. The van der Waals surface area contributed by atoms with Crippen molar-refractivity contribution in [3.8, 4) is 0 Å². The molecule has 100 valence electrons. The van der Waals surface area contributed by atoms with Gasteiger partial charge in [-0.1, -0.05) is 24.3 Å². The van der Waals surface area contributed by atoms with Crippen molar-refractivity contribution in [1.82, 2.24) is 9.55 Å². The molecule has 1 aromatic carbocycles. The first-order valence-corrected chi connectivity index (χ1v) is 6.49. The topological polar surface area (TPSA) is 46.9 Å². The molecule has 2 heterocycles. The van der Waals surface area contributed by atoms with Crippen molar-refractivity contribution in [3.05, 3.63) is 70.8 Å².